The van der Waals surface area contributed by atoms with Gasteiger partial charge in [-0.2, -0.15) is 0 Å². The predicted octanol–water partition coefficient (Wildman–Crippen LogP) is 15.9. The Morgan fingerprint density at radius 2 is 0.912 bits per heavy atom. The lowest BCUT2D eigenvalue weighted by Crippen LogP contribution is -2.31. The maximum Gasteiger partial charge on any atom is 0.514 e. The Balaban J connectivity index is 2.63. The van der Waals surface area contributed by atoms with Crippen LogP contribution in [-0.4, -0.2) is 54.4 Å². The lowest BCUT2D eigenvalue weighted by atomic mass is 10.1. The molecule has 0 saturated heterocycles. The Morgan fingerprint density at radius 3 is 1.38 bits per heavy atom. The van der Waals surface area contributed by atoms with E-state index in [9.17, 15) is 29.3 Å². The van der Waals surface area contributed by atoms with Crippen LogP contribution in [0.5, 0.6) is 5.75 Å². The van der Waals surface area contributed by atoms with Crippen molar-refractivity contribution in [2.45, 2.75) is 232 Å². The molecule has 0 aliphatic rings. The second-order valence-corrected chi connectivity index (χ2v) is 17.7. The molecule has 1 aromatic carbocycles. The van der Waals surface area contributed by atoms with Gasteiger partial charge in [-0.15, -0.1) is 0 Å². The average molecular weight is 952 g/mol. The number of nitro benzene ring substituents is 1. The van der Waals surface area contributed by atoms with Crippen LogP contribution in [0.3, 0.4) is 0 Å². The zero-order valence-electron chi connectivity index (χ0n) is 42.4. The summed E-state index contributed by atoms with van der Waals surface area (Å²) in [4.78, 5) is 61.8. The Labute approximate surface area is 410 Å². The van der Waals surface area contributed by atoms with E-state index < -0.39 is 41.2 Å². The van der Waals surface area contributed by atoms with Crippen LogP contribution in [0.25, 0.3) is 0 Å². The maximum absolute atomic E-state index is 13.2. The summed E-state index contributed by atoms with van der Waals surface area (Å²) in [6.07, 6.45) is 43.7. The number of nitro groups is 1. The third kappa shape index (κ3) is 38.3. The molecule has 0 amide bonds. The van der Waals surface area contributed by atoms with Gasteiger partial charge in [-0.25, -0.2) is 4.79 Å². The molecule has 384 valence electrons. The van der Waals surface area contributed by atoms with E-state index in [1.54, 1.807) is 0 Å². The van der Waals surface area contributed by atoms with E-state index in [0.717, 1.165) is 116 Å². The first-order chi connectivity index (χ1) is 33.2. The number of ether oxygens (including phenoxy) is 5. The normalized spacial score (nSPS) is 12.1. The van der Waals surface area contributed by atoms with Gasteiger partial charge in [-0.3, -0.25) is 24.5 Å². The molecule has 1 aromatic rings. The van der Waals surface area contributed by atoms with Crippen molar-refractivity contribution in [3.05, 3.63) is 83.0 Å². The topological polar surface area (TPSA) is 158 Å². The summed E-state index contributed by atoms with van der Waals surface area (Å²) in [6.45, 7) is 6.03. The van der Waals surface area contributed by atoms with Crippen molar-refractivity contribution >= 4 is 29.8 Å². The molecule has 0 heterocycles. The van der Waals surface area contributed by atoms with E-state index in [2.05, 4.69) is 69.4 Å². The highest BCUT2D eigenvalue weighted by Gasteiger charge is 2.23. The molecule has 0 saturated carbocycles. The highest BCUT2D eigenvalue weighted by atomic mass is 16.7. The number of unbranched alkanes of at least 4 members (excludes halogenated alkanes) is 19. The monoisotopic (exact) mass is 952 g/mol. The molecule has 0 aliphatic carbocycles. The summed E-state index contributed by atoms with van der Waals surface area (Å²) in [5, 5.41) is 11.0. The molecule has 1 unspecified atom stereocenters. The van der Waals surface area contributed by atoms with Gasteiger partial charge >= 0.3 is 24.1 Å². The van der Waals surface area contributed by atoms with Crippen LogP contribution in [0.2, 0.25) is 0 Å². The molecule has 0 aromatic heterocycles. The Bertz CT molecular complexity index is 1510. The highest BCUT2D eigenvalue weighted by molar-refractivity contribution is 5.71. The summed E-state index contributed by atoms with van der Waals surface area (Å²) in [7, 11) is 0. The molecule has 1 rings (SSSR count). The van der Waals surface area contributed by atoms with Crippen LogP contribution in [-0.2, 0) is 33.3 Å². The summed E-state index contributed by atoms with van der Waals surface area (Å²) < 4.78 is 27.6. The molecule has 0 bridgehead atoms. The Kier molecular flexibility index (Phi) is 40.3. The number of rotatable bonds is 44. The van der Waals surface area contributed by atoms with Gasteiger partial charge in [0.05, 0.1) is 4.92 Å². The summed E-state index contributed by atoms with van der Waals surface area (Å²) >= 11 is 0. The Morgan fingerprint density at radius 1 is 0.485 bits per heavy atom. The highest BCUT2D eigenvalue weighted by Crippen LogP contribution is 2.20. The van der Waals surface area contributed by atoms with Crippen molar-refractivity contribution in [1.82, 2.24) is 0 Å². The summed E-state index contributed by atoms with van der Waals surface area (Å²) in [5.41, 5.74) is -0.144. The van der Waals surface area contributed by atoms with Crippen molar-refractivity contribution in [1.29, 1.82) is 0 Å². The zero-order chi connectivity index (χ0) is 49.6. The first-order valence-electron chi connectivity index (χ1n) is 26.4. The van der Waals surface area contributed by atoms with Crippen molar-refractivity contribution in [2.75, 3.05) is 13.2 Å². The fourth-order valence-corrected chi connectivity index (χ4v) is 7.27. The molecular weight excluding hydrogens is 863 g/mol. The molecule has 12 nitrogen and oxygen atoms in total. The molecule has 68 heavy (non-hydrogen) atoms. The Hall–Kier alpha value is -4.74. The SMILES string of the molecule is CCCCC/C=C\C/C=C\CCCCCCCC(=O)OCC(COC(=O)CCCCCCC/C=C\C/C=C\CCCCC)OC(=O)CCC(CCCCCC)OC(=O)Oc1ccc([N+](=O)[O-])cc1. The van der Waals surface area contributed by atoms with Crippen LogP contribution in [0, 0.1) is 10.1 Å². The first kappa shape index (κ1) is 61.3. The smallest absolute Gasteiger partial charge is 0.462 e. The predicted molar refractivity (Wildman–Crippen MR) is 273 cm³/mol. The van der Waals surface area contributed by atoms with Crippen LogP contribution in [0.1, 0.15) is 220 Å². The number of esters is 3. The van der Waals surface area contributed by atoms with Crippen LogP contribution in [0.4, 0.5) is 10.5 Å². The molecule has 1 atom stereocenters. The van der Waals surface area contributed by atoms with Crippen molar-refractivity contribution < 1.29 is 47.8 Å². The van der Waals surface area contributed by atoms with Crippen LogP contribution < -0.4 is 4.74 Å². The fourth-order valence-electron chi connectivity index (χ4n) is 7.27. The van der Waals surface area contributed by atoms with E-state index in [0.29, 0.717) is 19.3 Å². The fraction of sp³-hybridized carbons (Fsp3) is 0.679. The van der Waals surface area contributed by atoms with Gasteiger partial charge in [0.25, 0.3) is 5.69 Å². The number of carbonyl (C=O) groups excluding carboxylic acids is 4. The minimum Gasteiger partial charge on any atom is -0.462 e. The number of hydrogen-bond donors (Lipinski definition) is 0. The van der Waals surface area contributed by atoms with E-state index in [1.807, 2.05) is 0 Å². The van der Waals surface area contributed by atoms with E-state index >= 15 is 0 Å². The number of nitrogens with zero attached hydrogens (tertiary/aromatic N) is 1. The molecular formula is C56H89NO11. The van der Waals surface area contributed by atoms with E-state index in [1.165, 1.54) is 62.8 Å². The maximum atomic E-state index is 13.2. The molecule has 0 fully saturated rings. The number of benzene rings is 1. The largest absolute Gasteiger partial charge is 0.514 e. The van der Waals surface area contributed by atoms with Gasteiger partial charge in [0.2, 0.25) is 0 Å². The number of non-ortho nitro benzene ring substituents is 1. The second-order valence-electron chi connectivity index (χ2n) is 17.7. The first-order valence-corrected chi connectivity index (χ1v) is 26.4. The van der Waals surface area contributed by atoms with Crippen molar-refractivity contribution in [2.24, 2.45) is 0 Å². The van der Waals surface area contributed by atoms with E-state index in [-0.39, 0.29) is 50.3 Å². The summed E-state index contributed by atoms with van der Waals surface area (Å²) in [5.74, 6) is -1.33. The van der Waals surface area contributed by atoms with Crippen molar-refractivity contribution in [3.63, 3.8) is 0 Å². The molecule has 0 aliphatic heterocycles. The van der Waals surface area contributed by atoms with Gasteiger partial charge in [0.15, 0.2) is 6.10 Å². The minimum atomic E-state index is -0.999. The van der Waals surface area contributed by atoms with Gasteiger partial charge < -0.3 is 23.7 Å². The lowest BCUT2D eigenvalue weighted by Gasteiger charge is -2.20. The molecule has 0 N–H and O–H groups in total. The average Bonchev–Trinajstić information content (AvgIpc) is 3.32. The quantitative estimate of drug-likeness (QED) is 0.0117. The third-order valence-corrected chi connectivity index (χ3v) is 11.4. The van der Waals surface area contributed by atoms with Gasteiger partial charge in [-0.1, -0.05) is 153 Å². The number of hydrogen-bond acceptors (Lipinski definition) is 11. The standard InChI is InChI=1S/C56H89NO11/c1-4-7-10-13-15-17-19-21-23-25-27-29-31-33-36-39-53(58)64-47-52(48-65-54(59)40-37-34-32-30-28-26-24-22-20-18-16-14-11-8-5-2)66-55(60)46-45-50(38-35-12-9-6-3)67-56(61)68-51-43-41-49(42-44-51)57(62)63/h15-18,21-24,41-44,50,52H,4-14,19-20,25-40,45-48H2,1-3H3/b17-15-,18-16-,23-21-,24-22-. The van der Waals surface area contributed by atoms with Gasteiger partial charge in [0.1, 0.15) is 25.1 Å². The zero-order valence-corrected chi connectivity index (χ0v) is 42.4. The third-order valence-electron chi connectivity index (χ3n) is 11.4. The van der Waals surface area contributed by atoms with Gasteiger partial charge in [0, 0.05) is 31.4 Å². The van der Waals surface area contributed by atoms with Crippen LogP contribution >= 0.6 is 0 Å². The number of carbonyl (C=O) groups is 4. The minimum absolute atomic E-state index is 0.0857. The second kappa shape index (κ2) is 44.7. The molecule has 12 heteroatoms. The van der Waals surface area contributed by atoms with Gasteiger partial charge in [-0.05, 0) is 108 Å². The summed E-state index contributed by atoms with van der Waals surface area (Å²) in [6, 6.07) is 5.06. The number of allylic oxidation sites excluding steroid dienone is 8. The lowest BCUT2D eigenvalue weighted by molar-refractivity contribution is -0.384. The molecule has 0 spiro atoms. The molecule has 0 radical (unpaired) electrons. The van der Waals surface area contributed by atoms with Crippen LogP contribution in [0.15, 0.2) is 72.9 Å². The van der Waals surface area contributed by atoms with Crippen molar-refractivity contribution in [3.8, 4) is 5.75 Å². The van der Waals surface area contributed by atoms with E-state index in [4.69, 9.17) is 23.7 Å².